The molecule has 2 N–H and O–H groups in total. The lowest BCUT2D eigenvalue weighted by Crippen LogP contribution is -2.46. The van der Waals surface area contributed by atoms with Crippen LogP contribution in [0.4, 0.5) is 0 Å². The van der Waals surface area contributed by atoms with Crippen LogP contribution in [0.3, 0.4) is 0 Å². The second-order valence-electron chi connectivity index (χ2n) is 7.27. The van der Waals surface area contributed by atoms with E-state index in [1.807, 2.05) is 33.8 Å². The molecule has 0 saturated carbocycles. The molecule has 2 unspecified atom stereocenters. The minimum absolute atomic E-state index is 0.118. The first-order chi connectivity index (χ1) is 7.42. The smallest absolute Gasteiger partial charge is 0.105 e. The van der Waals surface area contributed by atoms with E-state index in [1.165, 1.54) is 0 Å². The maximum Gasteiger partial charge on any atom is 0.105 e. The van der Waals surface area contributed by atoms with E-state index in [-0.39, 0.29) is 10.8 Å². The number of aliphatic hydroxyl groups excluding tert-OH is 2. The van der Waals surface area contributed by atoms with Gasteiger partial charge in [0.05, 0.1) is 11.5 Å². The highest BCUT2D eigenvalue weighted by molar-refractivity contribution is 5.38. The molecule has 2 atom stereocenters. The number of hydrogen-bond donors (Lipinski definition) is 2. The topological polar surface area (TPSA) is 40.5 Å². The monoisotopic (exact) mass is 238 g/mol. The van der Waals surface area contributed by atoms with Crippen molar-refractivity contribution in [3.8, 4) is 0 Å². The fourth-order valence-electron chi connectivity index (χ4n) is 2.28. The largest absolute Gasteiger partial charge is 0.511 e. The molecular weight excluding hydrogens is 212 g/mol. The van der Waals surface area contributed by atoms with Gasteiger partial charge in [-0.25, -0.2) is 0 Å². The molecule has 0 aromatic heterocycles. The fourth-order valence-corrected chi connectivity index (χ4v) is 2.28. The number of hydrogen-bond acceptors (Lipinski definition) is 2. The highest BCUT2D eigenvalue weighted by Crippen LogP contribution is 2.51. The lowest BCUT2D eigenvalue weighted by Gasteiger charge is -2.47. The van der Waals surface area contributed by atoms with Crippen molar-refractivity contribution in [2.75, 3.05) is 0 Å². The van der Waals surface area contributed by atoms with E-state index >= 15 is 0 Å². The zero-order chi connectivity index (χ0) is 13.6. The molecule has 2 nitrogen and oxygen atoms in total. The Morgan fingerprint density at radius 2 is 1.59 bits per heavy atom. The molecule has 0 radical (unpaired) electrons. The number of allylic oxidation sites excluding steroid dienone is 2. The Hall–Kier alpha value is -0.760. The Labute approximate surface area is 105 Å². The molecule has 1 rings (SSSR count). The van der Waals surface area contributed by atoms with E-state index in [0.717, 1.165) is 5.57 Å². The average molecular weight is 238 g/mol. The van der Waals surface area contributed by atoms with E-state index in [4.69, 9.17) is 0 Å². The van der Waals surface area contributed by atoms with Crippen LogP contribution in [-0.4, -0.2) is 16.3 Å². The zero-order valence-electron chi connectivity index (χ0n) is 12.1. The van der Waals surface area contributed by atoms with Gasteiger partial charge in [-0.1, -0.05) is 53.7 Å². The molecule has 0 heterocycles. The number of aliphatic hydroxyl groups is 2. The fraction of sp³-hybridized carbons (Fsp3) is 0.733. The minimum atomic E-state index is -0.645. The molecule has 0 aromatic rings. The summed E-state index contributed by atoms with van der Waals surface area (Å²) in [6, 6.07) is 0. The summed E-state index contributed by atoms with van der Waals surface area (Å²) >= 11 is 0. The van der Waals surface area contributed by atoms with Crippen LogP contribution in [-0.2, 0) is 0 Å². The zero-order valence-corrected chi connectivity index (χ0v) is 12.1. The van der Waals surface area contributed by atoms with Crippen LogP contribution < -0.4 is 0 Å². The van der Waals surface area contributed by atoms with Crippen LogP contribution in [0.2, 0.25) is 0 Å². The van der Waals surface area contributed by atoms with Crippen molar-refractivity contribution in [1.29, 1.82) is 0 Å². The molecule has 0 amide bonds. The minimum Gasteiger partial charge on any atom is -0.511 e. The van der Waals surface area contributed by atoms with Crippen molar-refractivity contribution in [2.45, 2.75) is 54.6 Å². The third kappa shape index (κ3) is 2.15. The first-order valence-corrected chi connectivity index (χ1v) is 6.23. The molecule has 0 spiro atoms. The van der Waals surface area contributed by atoms with Gasteiger partial charge in [-0.05, 0) is 23.3 Å². The predicted molar refractivity (Wildman–Crippen MR) is 71.8 cm³/mol. The van der Waals surface area contributed by atoms with E-state index in [2.05, 4.69) is 20.8 Å². The van der Waals surface area contributed by atoms with Gasteiger partial charge in [-0.2, -0.15) is 0 Å². The van der Waals surface area contributed by atoms with Crippen molar-refractivity contribution in [3.05, 3.63) is 23.5 Å². The van der Waals surface area contributed by atoms with Crippen molar-refractivity contribution >= 4 is 0 Å². The van der Waals surface area contributed by atoms with Crippen molar-refractivity contribution < 1.29 is 10.2 Å². The summed E-state index contributed by atoms with van der Waals surface area (Å²) in [5.41, 5.74) is -0.0461. The summed E-state index contributed by atoms with van der Waals surface area (Å²) in [5.74, 6) is 0.326. The standard InChI is InChI=1S/C15H26O2/c1-13(2,3)10-8-9-11(16)15(7,12(10)17)14(4,5)6/h8-9,11,16-17H,1-7H3. The number of rotatable bonds is 0. The summed E-state index contributed by atoms with van der Waals surface area (Å²) in [7, 11) is 0. The van der Waals surface area contributed by atoms with Gasteiger partial charge in [0.1, 0.15) is 5.76 Å². The van der Waals surface area contributed by atoms with Gasteiger partial charge in [0, 0.05) is 0 Å². The maximum atomic E-state index is 10.6. The van der Waals surface area contributed by atoms with Gasteiger partial charge in [0.2, 0.25) is 0 Å². The van der Waals surface area contributed by atoms with Crippen LogP contribution in [0.5, 0.6) is 0 Å². The van der Waals surface area contributed by atoms with Crippen LogP contribution >= 0.6 is 0 Å². The van der Waals surface area contributed by atoms with E-state index in [1.54, 1.807) is 6.08 Å². The average Bonchev–Trinajstić information content (AvgIpc) is 2.10. The van der Waals surface area contributed by atoms with Gasteiger partial charge in [-0.3, -0.25) is 0 Å². The third-order valence-corrected chi connectivity index (χ3v) is 4.15. The third-order valence-electron chi connectivity index (χ3n) is 4.15. The van der Waals surface area contributed by atoms with Gasteiger partial charge in [0.25, 0.3) is 0 Å². The van der Waals surface area contributed by atoms with Crippen molar-refractivity contribution in [2.24, 2.45) is 16.2 Å². The summed E-state index contributed by atoms with van der Waals surface area (Å²) in [5, 5.41) is 20.8. The van der Waals surface area contributed by atoms with Crippen LogP contribution in [0.25, 0.3) is 0 Å². The molecule has 1 aliphatic rings. The van der Waals surface area contributed by atoms with Crippen molar-refractivity contribution in [3.63, 3.8) is 0 Å². The molecule has 0 aromatic carbocycles. The van der Waals surface area contributed by atoms with Crippen LogP contribution in [0.15, 0.2) is 23.5 Å². The lowest BCUT2D eigenvalue weighted by molar-refractivity contribution is -0.0188. The SMILES string of the molecule is CC(C)(C)C1=C(O)C(C)(C(C)(C)C)C(O)C=C1. The molecule has 1 aliphatic carbocycles. The Morgan fingerprint density at radius 3 is 1.94 bits per heavy atom. The highest BCUT2D eigenvalue weighted by atomic mass is 16.3. The van der Waals surface area contributed by atoms with Crippen molar-refractivity contribution in [1.82, 2.24) is 0 Å². The van der Waals surface area contributed by atoms with E-state index < -0.39 is 11.5 Å². The molecule has 98 valence electrons. The Kier molecular flexibility index (Phi) is 3.26. The normalized spacial score (nSPS) is 30.9. The van der Waals surface area contributed by atoms with Crippen LogP contribution in [0.1, 0.15) is 48.5 Å². The quantitative estimate of drug-likeness (QED) is 0.673. The summed E-state index contributed by atoms with van der Waals surface area (Å²) in [6.07, 6.45) is 3.01. The first kappa shape index (κ1) is 14.3. The maximum absolute atomic E-state index is 10.6. The molecule has 0 aliphatic heterocycles. The molecule has 0 saturated heterocycles. The summed E-state index contributed by atoms with van der Waals surface area (Å²) < 4.78 is 0. The highest BCUT2D eigenvalue weighted by Gasteiger charge is 2.49. The Bertz CT molecular complexity index is 363. The molecular formula is C15H26O2. The van der Waals surface area contributed by atoms with Gasteiger partial charge in [-0.15, -0.1) is 0 Å². The summed E-state index contributed by atoms with van der Waals surface area (Å²) in [4.78, 5) is 0. The van der Waals surface area contributed by atoms with E-state index in [9.17, 15) is 10.2 Å². The molecule has 2 heteroatoms. The second kappa shape index (κ2) is 3.88. The first-order valence-electron chi connectivity index (χ1n) is 6.23. The second-order valence-corrected chi connectivity index (χ2v) is 7.27. The molecule has 0 bridgehead atoms. The van der Waals surface area contributed by atoms with E-state index in [0.29, 0.717) is 5.76 Å². The molecule has 0 fully saturated rings. The van der Waals surface area contributed by atoms with Gasteiger partial charge in [0.15, 0.2) is 0 Å². The van der Waals surface area contributed by atoms with Gasteiger partial charge >= 0.3 is 0 Å². The predicted octanol–water partition coefficient (Wildman–Crippen LogP) is 3.83. The van der Waals surface area contributed by atoms with Crippen LogP contribution in [0, 0.1) is 16.2 Å². The van der Waals surface area contributed by atoms with Gasteiger partial charge < -0.3 is 10.2 Å². The summed E-state index contributed by atoms with van der Waals surface area (Å²) in [6.45, 7) is 14.3. The Balaban J connectivity index is 3.43. The lowest BCUT2D eigenvalue weighted by atomic mass is 9.59. The molecule has 17 heavy (non-hydrogen) atoms. The Morgan fingerprint density at radius 1 is 1.12 bits per heavy atom.